The molecule has 1 aromatic heterocycles. The van der Waals surface area contributed by atoms with E-state index in [1.807, 2.05) is 27.7 Å². The predicted molar refractivity (Wildman–Crippen MR) is 124 cm³/mol. The van der Waals surface area contributed by atoms with Crippen LogP contribution in [0, 0.1) is 5.41 Å². The Morgan fingerprint density at radius 1 is 1.18 bits per heavy atom. The fourth-order valence-electron chi connectivity index (χ4n) is 3.45. The number of anilines is 1. The van der Waals surface area contributed by atoms with E-state index in [1.165, 1.54) is 0 Å². The monoisotopic (exact) mass is 475 g/mol. The van der Waals surface area contributed by atoms with Crippen molar-refractivity contribution >= 4 is 27.5 Å². The average Bonchev–Trinajstić information content (AvgIpc) is 2.74. The van der Waals surface area contributed by atoms with Crippen molar-refractivity contribution in [3.63, 3.8) is 0 Å². The Hall–Kier alpha value is -3.21. The van der Waals surface area contributed by atoms with Crippen LogP contribution in [0.1, 0.15) is 38.1 Å². The van der Waals surface area contributed by atoms with Crippen molar-refractivity contribution < 1.29 is 22.7 Å². The Kier molecular flexibility index (Phi) is 6.92. The van der Waals surface area contributed by atoms with Crippen LogP contribution in [0.4, 0.5) is 10.5 Å². The van der Waals surface area contributed by atoms with Crippen molar-refractivity contribution in [2.24, 2.45) is 5.41 Å². The van der Waals surface area contributed by atoms with Crippen molar-refractivity contribution in [3.8, 4) is 17.1 Å². The van der Waals surface area contributed by atoms with Crippen LogP contribution < -0.4 is 15.4 Å². The molecule has 178 valence electrons. The largest absolute Gasteiger partial charge is 0.476 e. The minimum Gasteiger partial charge on any atom is -0.476 e. The number of hydrogen-bond donors (Lipinski definition) is 2. The standard InChI is InChI=1S/C22H29N5O5S/c1-6-23-20(29)24-15-10-8-14(9-11-15)17-16-18(26-21(25-17)33(5,30)31)32-13-22(3,4)12-27(7-2)19(16)28/h8-11H,6-7,12-13H2,1-5H3,(H2,23,24,29). The first-order valence-corrected chi connectivity index (χ1v) is 12.5. The summed E-state index contributed by atoms with van der Waals surface area (Å²) in [7, 11) is -3.78. The maximum Gasteiger partial charge on any atom is 0.319 e. The number of ether oxygens (including phenoxy) is 1. The fraction of sp³-hybridized carbons (Fsp3) is 0.455. The van der Waals surface area contributed by atoms with E-state index in [0.29, 0.717) is 30.9 Å². The highest BCUT2D eigenvalue weighted by Gasteiger charge is 2.35. The van der Waals surface area contributed by atoms with Crippen molar-refractivity contribution in [1.29, 1.82) is 0 Å². The normalized spacial score (nSPS) is 15.7. The van der Waals surface area contributed by atoms with Gasteiger partial charge >= 0.3 is 6.03 Å². The minimum atomic E-state index is -3.78. The molecule has 1 aliphatic rings. The number of amides is 3. The average molecular weight is 476 g/mol. The molecule has 1 aromatic carbocycles. The number of aromatic nitrogens is 2. The summed E-state index contributed by atoms with van der Waals surface area (Å²) < 4.78 is 30.5. The van der Waals surface area contributed by atoms with E-state index in [-0.39, 0.29) is 41.1 Å². The second kappa shape index (κ2) is 9.34. The van der Waals surface area contributed by atoms with Crippen molar-refractivity contribution in [1.82, 2.24) is 20.2 Å². The van der Waals surface area contributed by atoms with Gasteiger partial charge in [-0.1, -0.05) is 26.0 Å². The number of rotatable bonds is 5. The highest BCUT2D eigenvalue weighted by molar-refractivity contribution is 7.90. The van der Waals surface area contributed by atoms with Gasteiger partial charge in [-0.3, -0.25) is 4.79 Å². The van der Waals surface area contributed by atoms with Crippen molar-refractivity contribution in [2.45, 2.75) is 32.9 Å². The number of urea groups is 1. The molecule has 2 N–H and O–H groups in total. The molecule has 0 fully saturated rings. The maximum absolute atomic E-state index is 13.5. The van der Waals surface area contributed by atoms with Gasteiger partial charge in [0, 0.05) is 42.6 Å². The van der Waals surface area contributed by atoms with Gasteiger partial charge in [-0.25, -0.2) is 18.2 Å². The molecule has 3 rings (SSSR count). The molecular weight excluding hydrogens is 446 g/mol. The molecule has 11 heteroatoms. The van der Waals surface area contributed by atoms with E-state index in [4.69, 9.17) is 4.74 Å². The minimum absolute atomic E-state index is 0.0545. The number of sulfone groups is 1. The first-order chi connectivity index (χ1) is 15.4. The molecule has 0 unspecified atom stereocenters. The van der Waals surface area contributed by atoms with Crippen LogP contribution in [-0.4, -0.2) is 67.7 Å². The fourth-order valence-corrected chi connectivity index (χ4v) is 3.96. The first kappa shape index (κ1) is 24.4. The third-order valence-corrected chi connectivity index (χ3v) is 5.89. The van der Waals surface area contributed by atoms with Gasteiger partial charge in [0.2, 0.25) is 15.7 Å². The lowest BCUT2D eigenvalue weighted by Gasteiger charge is -2.35. The Labute approximate surface area is 193 Å². The van der Waals surface area contributed by atoms with E-state index in [1.54, 1.807) is 29.2 Å². The molecule has 2 heterocycles. The van der Waals surface area contributed by atoms with Crippen LogP contribution in [0.5, 0.6) is 5.88 Å². The quantitative estimate of drug-likeness (QED) is 0.636. The molecule has 2 aromatic rings. The summed E-state index contributed by atoms with van der Waals surface area (Å²) in [5, 5.41) is 4.91. The molecule has 0 spiro atoms. The van der Waals surface area contributed by atoms with Gasteiger partial charge in [0.1, 0.15) is 5.56 Å². The summed E-state index contributed by atoms with van der Waals surface area (Å²) in [5.74, 6) is -0.388. The van der Waals surface area contributed by atoms with Crippen molar-refractivity contribution in [3.05, 3.63) is 29.8 Å². The Bertz CT molecular complexity index is 1160. The van der Waals surface area contributed by atoms with Crippen LogP contribution in [0.2, 0.25) is 0 Å². The van der Waals surface area contributed by atoms with E-state index < -0.39 is 15.0 Å². The van der Waals surface area contributed by atoms with Gasteiger partial charge in [0.15, 0.2) is 0 Å². The SMILES string of the molecule is CCNC(=O)Nc1ccc(-c2nc(S(C)(=O)=O)nc3c2C(=O)N(CC)CC(C)(C)CO3)cc1. The number of carbonyl (C=O) groups excluding carboxylic acids is 2. The smallest absolute Gasteiger partial charge is 0.319 e. The van der Waals surface area contributed by atoms with Gasteiger partial charge in [-0.05, 0) is 26.0 Å². The van der Waals surface area contributed by atoms with Crippen LogP contribution in [0.15, 0.2) is 29.4 Å². The second-order valence-electron chi connectivity index (χ2n) is 8.64. The van der Waals surface area contributed by atoms with E-state index in [0.717, 1.165) is 6.26 Å². The van der Waals surface area contributed by atoms with Gasteiger partial charge < -0.3 is 20.3 Å². The van der Waals surface area contributed by atoms with Crippen molar-refractivity contribution in [2.75, 3.05) is 37.8 Å². The van der Waals surface area contributed by atoms with E-state index in [2.05, 4.69) is 20.6 Å². The third-order valence-electron chi connectivity index (χ3n) is 5.04. The van der Waals surface area contributed by atoms with Crippen LogP contribution in [0.3, 0.4) is 0 Å². The summed E-state index contributed by atoms with van der Waals surface area (Å²) in [6, 6.07) is 6.26. The zero-order valence-electron chi connectivity index (χ0n) is 19.4. The van der Waals surface area contributed by atoms with E-state index >= 15 is 0 Å². The summed E-state index contributed by atoms with van der Waals surface area (Å²) in [4.78, 5) is 35.3. The van der Waals surface area contributed by atoms with E-state index in [9.17, 15) is 18.0 Å². The zero-order chi connectivity index (χ0) is 24.4. The second-order valence-corrected chi connectivity index (χ2v) is 10.6. The molecular formula is C22H29N5O5S. The number of carbonyl (C=O) groups is 2. The molecule has 0 atom stereocenters. The number of hydrogen-bond acceptors (Lipinski definition) is 7. The van der Waals surface area contributed by atoms with Gasteiger partial charge in [0.25, 0.3) is 11.1 Å². The predicted octanol–water partition coefficient (Wildman–Crippen LogP) is 2.57. The van der Waals surface area contributed by atoms with Gasteiger partial charge in [-0.2, -0.15) is 4.98 Å². The Balaban J connectivity index is 2.16. The number of nitrogens with zero attached hydrogens (tertiary/aromatic N) is 3. The summed E-state index contributed by atoms with van der Waals surface area (Å²) in [5.41, 5.74) is 0.946. The zero-order valence-corrected chi connectivity index (χ0v) is 20.2. The summed E-state index contributed by atoms with van der Waals surface area (Å²) in [6.07, 6.45) is 1.00. The molecule has 0 saturated carbocycles. The summed E-state index contributed by atoms with van der Waals surface area (Å²) >= 11 is 0. The third kappa shape index (κ3) is 5.59. The maximum atomic E-state index is 13.5. The number of benzene rings is 1. The van der Waals surface area contributed by atoms with Crippen LogP contribution >= 0.6 is 0 Å². The lowest BCUT2D eigenvalue weighted by atomic mass is 9.92. The molecule has 0 radical (unpaired) electrons. The first-order valence-electron chi connectivity index (χ1n) is 10.6. The molecule has 0 aliphatic carbocycles. The van der Waals surface area contributed by atoms with Gasteiger partial charge in [0.05, 0.1) is 12.3 Å². The van der Waals surface area contributed by atoms with Crippen LogP contribution in [-0.2, 0) is 9.84 Å². The molecule has 3 amide bonds. The Morgan fingerprint density at radius 2 is 1.85 bits per heavy atom. The lowest BCUT2D eigenvalue weighted by Crippen LogP contribution is -2.43. The molecule has 0 bridgehead atoms. The number of fused-ring (bicyclic) bond motifs is 1. The molecule has 1 aliphatic heterocycles. The Morgan fingerprint density at radius 3 is 2.42 bits per heavy atom. The summed E-state index contributed by atoms with van der Waals surface area (Å²) in [6.45, 7) is 9.28. The molecule has 10 nitrogen and oxygen atoms in total. The lowest BCUT2D eigenvalue weighted by molar-refractivity contribution is 0.0573. The number of nitrogens with one attached hydrogen (secondary N) is 2. The topological polar surface area (TPSA) is 131 Å². The van der Waals surface area contributed by atoms with Gasteiger partial charge in [-0.15, -0.1) is 0 Å². The highest BCUT2D eigenvalue weighted by atomic mass is 32.2. The molecule has 0 saturated heterocycles. The molecule has 33 heavy (non-hydrogen) atoms. The van der Waals surface area contributed by atoms with Crippen LogP contribution in [0.25, 0.3) is 11.3 Å². The highest BCUT2D eigenvalue weighted by Crippen LogP contribution is 2.34.